The van der Waals surface area contributed by atoms with E-state index in [1.807, 2.05) is 0 Å². The smallest absolute Gasteiger partial charge is 0.345 e. The van der Waals surface area contributed by atoms with Gasteiger partial charge in [-0.1, -0.05) is 6.07 Å². The topological polar surface area (TPSA) is 54.4 Å². The number of halogens is 2. The first-order chi connectivity index (χ1) is 8.63. The SMILES string of the molecule is CP(C)(=O)C(F)(F)c1ccc2sc(C(=O)O)cc2c1. The molecule has 0 saturated carbocycles. The van der Waals surface area contributed by atoms with Gasteiger partial charge in [0.2, 0.25) is 0 Å². The monoisotopic (exact) mass is 304 g/mol. The van der Waals surface area contributed by atoms with Crippen LogP contribution < -0.4 is 0 Å². The van der Waals surface area contributed by atoms with Crippen molar-refractivity contribution >= 4 is 34.5 Å². The number of carboxylic acid groups (broad SMARTS) is 1. The number of carboxylic acids is 1. The molecule has 2 rings (SSSR count). The highest BCUT2D eigenvalue weighted by molar-refractivity contribution is 7.63. The summed E-state index contributed by atoms with van der Waals surface area (Å²) in [6, 6.07) is 5.19. The molecule has 1 N–H and O–H groups in total. The van der Waals surface area contributed by atoms with E-state index >= 15 is 0 Å². The summed E-state index contributed by atoms with van der Waals surface area (Å²) in [5.41, 5.74) is -3.75. The van der Waals surface area contributed by atoms with Gasteiger partial charge in [-0.25, -0.2) is 4.79 Å². The first-order valence-corrected chi connectivity index (χ1v) is 8.75. The van der Waals surface area contributed by atoms with Crippen LogP contribution in [0.1, 0.15) is 15.2 Å². The van der Waals surface area contributed by atoms with Crippen LogP contribution in [0.15, 0.2) is 24.3 Å². The van der Waals surface area contributed by atoms with Crippen LogP contribution in [-0.4, -0.2) is 24.4 Å². The molecule has 0 bridgehead atoms. The van der Waals surface area contributed by atoms with E-state index in [2.05, 4.69) is 0 Å². The summed E-state index contributed by atoms with van der Waals surface area (Å²) in [7, 11) is -3.63. The molecule has 0 aliphatic rings. The summed E-state index contributed by atoms with van der Waals surface area (Å²) < 4.78 is 40.2. The lowest BCUT2D eigenvalue weighted by atomic mass is 10.1. The number of alkyl halides is 2. The molecule has 102 valence electrons. The summed E-state index contributed by atoms with van der Waals surface area (Å²) in [6.07, 6.45) is 0. The highest BCUT2D eigenvalue weighted by atomic mass is 32.1. The Balaban J connectivity index is 2.59. The van der Waals surface area contributed by atoms with Crippen molar-refractivity contribution < 1.29 is 23.2 Å². The van der Waals surface area contributed by atoms with Crippen molar-refractivity contribution in [2.24, 2.45) is 0 Å². The fourth-order valence-electron chi connectivity index (χ4n) is 1.65. The average Bonchev–Trinajstić information content (AvgIpc) is 2.69. The largest absolute Gasteiger partial charge is 0.477 e. The van der Waals surface area contributed by atoms with E-state index < -0.39 is 18.8 Å². The number of benzene rings is 1. The Morgan fingerprint density at radius 1 is 1.32 bits per heavy atom. The maximum absolute atomic E-state index is 14.0. The van der Waals surface area contributed by atoms with Crippen LogP contribution >= 0.6 is 18.5 Å². The maximum atomic E-state index is 14.0. The van der Waals surface area contributed by atoms with E-state index in [9.17, 15) is 18.1 Å². The second-order valence-electron chi connectivity index (χ2n) is 4.56. The van der Waals surface area contributed by atoms with Gasteiger partial charge in [-0.3, -0.25) is 0 Å². The van der Waals surface area contributed by atoms with Crippen LogP contribution in [0.25, 0.3) is 10.1 Å². The van der Waals surface area contributed by atoms with Crippen LogP contribution in [-0.2, 0) is 10.2 Å². The van der Waals surface area contributed by atoms with Gasteiger partial charge in [-0.15, -0.1) is 11.3 Å². The minimum Gasteiger partial charge on any atom is -0.477 e. The zero-order valence-electron chi connectivity index (χ0n) is 10.2. The molecule has 0 aliphatic carbocycles. The normalized spacial score (nSPS) is 12.8. The lowest BCUT2D eigenvalue weighted by Gasteiger charge is -2.21. The molecule has 0 amide bonds. The van der Waals surface area contributed by atoms with E-state index in [0.29, 0.717) is 10.1 Å². The molecule has 0 spiro atoms. The van der Waals surface area contributed by atoms with Gasteiger partial charge in [0, 0.05) is 10.3 Å². The quantitative estimate of drug-likeness (QED) is 0.861. The molecule has 0 atom stereocenters. The van der Waals surface area contributed by atoms with Gasteiger partial charge < -0.3 is 9.67 Å². The molecule has 2 aromatic rings. The number of thiophene rings is 1. The molecule has 7 heteroatoms. The second-order valence-corrected chi connectivity index (χ2v) is 8.91. The highest BCUT2D eigenvalue weighted by Crippen LogP contribution is 2.60. The highest BCUT2D eigenvalue weighted by Gasteiger charge is 2.44. The van der Waals surface area contributed by atoms with E-state index in [4.69, 9.17) is 5.11 Å². The van der Waals surface area contributed by atoms with Gasteiger partial charge in [0.25, 0.3) is 0 Å². The van der Waals surface area contributed by atoms with Crippen molar-refractivity contribution in [3.63, 3.8) is 0 Å². The van der Waals surface area contributed by atoms with Crippen LogP contribution in [0.3, 0.4) is 0 Å². The molecule has 0 radical (unpaired) electrons. The van der Waals surface area contributed by atoms with Gasteiger partial charge >= 0.3 is 11.6 Å². The number of aromatic carboxylic acids is 1. The van der Waals surface area contributed by atoms with Gasteiger partial charge in [0.15, 0.2) is 7.14 Å². The number of fused-ring (bicyclic) bond motifs is 1. The van der Waals surface area contributed by atoms with E-state index in [1.54, 1.807) is 0 Å². The van der Waals surface area contributed by atoms with Crippen LogP contribution in [0.4, 0.5) is 8.78 Å². The minimum absolute atomic E-state index is 0.0895. The predicted octanol–water partition coefficient (Wildman–Crippen LogP) is 4.27. The summed E-state index contributed by atoms with van der Waals surface area (Å²) in [5, 5.41) is 9.29. The molecular weight excluding hydrogens is 293 g/mol. The standard InChI is InChI=1S/C12H11F2O3PS/c1-18(2,17)12(13,14)8-3-4-9-7(5-8)6-10(19-9)11(15)16/h3-6H,1-2H3,(H,15,16). The van der Waals surface area contributed by atoms with E-state index in [0.717, 1.165) is 24.7 Å². The first-order valence-electron chi connectivity index (χ1n) is 5.33. The predicted molar refractivity (Wildman–Crippen MR) is 72.1 cm³/mol. The maximum Gasteiger partial charge on any atom is 0.345 e. The van der Waals surface area contributed by atoms with Crippen molar-refractivity contribution in [1.29, 1.82) is 0 Å². The molecular formula is C12H11F2O3PS. The molecule has 1 heterocycles. The second kappa shape index (κ2) is 4.39. The third-order valence-corrected chi connectivity index (χ3v) is 5.47. The Morgan fingerprint density at radius 2 is 1.95 bits per heavy atom. The third kappa shape index (κ3) is 2.42. The van der Waals surface area contributed by atoms with Gasteiger partial charge in [0.05, 0.1) is 0 Å². The lowest BCUT2D eigenvalue weighted by molar-refractivity contribution is 0.0702. The Bertz CT molecular complexity index is 702. The number of hydrogen-bond donors (Lipinski definition) is 1. The third-order valence-electron chi connectivity index (χ3n) is 2.75. The van der Waals surface area contributed by atoms with Crippen LogP contribution in [0.5, 0.6) is 0 Å². The van der Waals surface area contributed by atoms with E-state index in [1.165, 1.54) is 24.3 Å². The molecule has 0 fully saturated rings. The summed E-state index contributed by atoms with van der Waals surface area (Å²) in [4.78, 5) is 10.9. The molecule has 1 aromatic carbocycles. The van der Waals surface area contributed by atoms with Crippen molar-refractivity contribution in [1.82, 2.24) is 0 Å². The molecule has 19 heavy (non-hydrogen) atoms. The van der Waals surface area contributed by atoms with Crippen molar-refractivity contribution in [2.45, 2.75) is 5.66 Å². The van der Waals surface area contributed by atoms with Crippen molar-refractivity contribution in [3.05, 3.63) is 34.7 Å². The number of carbonyl (C=O) groups is 1. The Hall–Kier alpha value is -1.26. The Morgan fingerprint density at radius 3 is 2.47 bits per heavy atom. The average molecular weight is 304 g/mol. The van der Waals surface area contributed by atoms with Gasteiger partial charge in [-0.05, 0) is 36.9 Å². The number of hydrogen-bond acceptors (Lipinski definition) is 3. The zero-order chi connectivity index (χ0) is 14.4. The molecule has 3 nitrogen and oxygen atoms in total. The van der Waals surface area contributed by atoms with Gasteiger partial charge in [-0.2, -0.15) is 8.78 Å². The summed E-state index contributed by atoms with van der Waals surface area (Å²) >= 11 is 1.02. The van der Waals surface area contributed by atoms with Crippen LogP contribution in [0, 0.1) is 0 Å². The van der Waals surface area contributed by atoms with Crippen molar-refractivity contribution in [2.75, 3.05) is 13.3 Å². The molecule has 0 saturated heterocycles. The number of rotatable bonds is 3. The first kappa shape index (κ1) is 14.2. The van der Waals surface area contributed by atoms with Crippen LogP contribution in [0.2, 0.25) is 0 Å². The van der Waals surface area contributed by atoms with Crippen molar-refractivity contribution in [3.8, 4) is 0 Å². The lowest BCUT2D eigenvalue weighted by Crippen LogP contribution is -2.12. The Kier molecular flexibility index (Phi) is 3.27. The molecule has 1 aromatic heterocycles. The summed E-state index contributed by atoms with van der Waals surface area (Å²) in [6.45, 7) is 2.07. The fraction of sp³-hybridized carbons (Fsp3) is 0.250. The van der Waals surface area contributed by atoms with E-state index in [-0.39, 0.29) is 10.4 Å². The molecule has 0 aliphatic heterocycles. The summed E-state index contributed by atoms with van der Waals surface area (Å²) in [5.74, 6) is -1.09. The zero-order valence-corrected chi connectivity index (χ0v) is 11.9. The molecule has 0 unspecified atom stereocenters. The fourth-order valence-corrected chi connectivity index (χ4v) is 3.29. The van der Waals surface area contributed by atoms with Gasteiger partial charge in [0.1, 0.15) is 4.88 Å². The minimum atomic E-state index is -3.63. The Labute approximate surface area is 112 Å².